The van der Waals surface area contributed by atoms with Crippen molar-refractivity contribution in [1.29, 1.82) is 0 Å². The van der Waals surface area contributed by atoms with Gasteiger partial charge in [0.1, 0.15) is 5.82 Å². The summed E-state index contributed by atoms with van der Waals surface area (Å²) in [5.41, 5.74) is 4.91. The number of anilines is 1. The van der Waals surface area contributed by atoms with E-state index in [-0.39, 0.29) is 17.3 Å². The van der Waals surface area contributed by atoms with Crippen LogP contribution in [0.2, 0.25) is 0 Å². The van der Waals surface area contributed by atoms with Crippen molar-refractivity contribution in [2.75, 3.05) is 12.3 Å². The number of hydrogen-bond donors (Lipinski definition) is 2. The zero-order valence-corrected chi connectivity index (χ0v) is 11.2. The largest absolute Gasteiger partial charge is 0.478 e. The van der Waals surface area contributed by atoms with Gasteiger partial charge in [0.05, 0.1) is 5.69 Å². The van der Waals surface area contributed by atoms with Gasteiger partial charge in [-0.3, -0.25) is 4.79 Å². The van der Waals surface area contributed by atoms with Gasteiger partial charge in [0.25, 0.3) is 5.91 Å². The minimum absolute atomic E-state index is 0.293. The molecule has 1 rings (SSSR count). The highest BCUT2D eigenvalue weighted by molar-refractivity contribution is 5.80. The van der Waals surface area contributed by atoms with E-state index in [9.17, 15) is 13.6 Å². The van der Waals surface area contributed by atoms with Crippen LogP contribution in [0.4, 0.5) is 14.5 Å². The molecule has 0 spiro atoms. The molecule has 1 atom stereocenters. The Balaban J connectivity index is 2.69. The molecule has 0 aromatic heterocycles. The normalized spacial score (nSPS) is 12.3. The quantitative estimate of drug-likeness (QED) is 0.807. The third-order valence-electron chi connectivity index (χ3n) is 2.41. The second-order valence-corrected chi connectivity index (χ2v) is 4.70. The predicted molar refractivity (Wildman–Crippen MR) is 68.7 cm³/mol. The van der Waals surface area contributed by atoms with Crippen LogP contribution in [0.3, 0.4) is 0 Å². The number of benzene rings is 1. The Bertz CT molecular complexity index is 464. The van der Waals surface area contributed by atoms with Crippen LogP contribution in [-0.4, -0.2) is 18.6 Å². The van der Waals surface area contributed by atoms with E-state index in [0.29, 0.717) is 12.5 Å². The number of nitrogen functional groups attached to an aromatic ring is 1. The minimum Gasteiger partial charge on any atom is -0.478 e. The summed E-state index contributed by atoms with van der Waals surface area (Å²) in [6, 6.07) is 1.65. The highest BCUT2D eigenvalue weighted by Gasteiger charge is 2.18. The lowest BCUT2D eigenvalue weighted by molar-refractivity contribution is -0.127. The Kier molecular flexibility index (Phi) is 5.09. The first-order valence-corrected chi connectivity index (χ1v) is 6.00. The van der Waals surface area contributed by atoms with Crippen molar-refractivity contribution in [3.8, 4) is 5.75 Å². The number of rotatable bonds is 5. The molecule has 106 valence electrons. The summed E-state index contributed by atoms with van der Waals surface area (Å²) in [6.07, 6.45) is -0.920. The average Bonchev–Trinajstić information content (AvgIpc) is 2.32. The molecule has 1 amide bonds. The molecule has 19 heavy (non-hydrogen) atoms. The molecule has 1 aromatic carbocycles. The summed E-state index contributed by atoms with van der Waals surface area (Å²) < 4.78 is 31.7. The van der Waals surface area contributed by atoms with Gasteiger partial charge in [-0.2, -0.15) is 0 Å². The summed E-state index contributed by atoms with van der Waals surface area (Å²) in [5.74, 6) is -2.01. The fourth-order valence-corrected chi connectivity index (χ4v) is 1.33. The molecule has 0 aliphatic carbocycles. The van der Waals surface area contributed by atoms with Crippen molar-refractivity contribution in [2.45, 2.75) is 26.9 Å². The Morgan fingerprint density at radius 1 is 1.32 bits per heavy atom. The maximum Gasteiger partial charge on any atom is 0.260 e. The van der Waals surface area contributed by atoms with E-state index in [1.54, 1.807) is 0 Å². The zero-order chi connectivity index (χ0) is 14.6. The van der Waals surface area contributed by atoms with Gasteiger partial charge in [0.15, 0.2) is 17.7 Å². The summed E-state index contributed by atoms with van der Waals surface area (Å²) >= 11 is 0. The number of nitrogens with two attached hydrogens (primary N) is 1. The number of carbonyl (C=O) groups excluding carboxylic acids is 1. The molecule has 1 unspecified atom stereocenters. The van der Waals surface area contributed by atoms with Crippen LogP contribution in [0.1, 0.15) is 20.8 Å². The summed E-state index contributed by atoms with van der Waals surface area (Å²) in [6.45, 7) is 5.84. The minimum atomic E-state index is -0.920. The SMILES string of the molecule is CC(C)CNC(=O)C(C)Oc1cc(F)c(N)cc1F. The lowest BCUT2D eigenvalue weighted by Gasteiger charge is -2.16. The molecule has 0 fully saturated rings. The number of ether oxygens (including phenoxy) is 1. The fourth-order valence-electron chi connectivity index (χ4n) is 1.33. The van der Waals surface area contributed by atoms with Gasteiger partial charge in [-0.1, -0.05) is 13.8 Å². The van der Waals surface area contributed by atoms with E-state index in [1.165, 1.54) is 6.92 Å². The first kappa shape index (κ1) is 15.2. The van der Waals surface area contributed by atoms with Crippen LogP contribution in [0.5, 0.6) is 5.75 Å². The lowest BCUT2D eigenvalue weighted by atomic mass is 10.2. The molecule has 6 heteroatoms. The van der Waals surface area contributed by atoms with Crippen LogP contribution >= 0.6 is 0 Å². The Hall–Kier alpha value is -1.85. The Morgan fingerprint density at radius 2 is 1.95 bits per heavy atom. The van der Waals surface area contributed by atoms with Crippen molar-refractivity contribution in [3.05, 3.63) is 23.8 Å². The van der Waals surface area contributed by atoms with Gasteiger partial charge in [-0.15, -0.1) is 0 Å². The maximum atomic E-state index is 13.5. The number of nitrogens with one attached hydrogen (secondary N) is 1. The van der Waals surface area contributed by atoms with Crippen LogP contribution < -0.4 is 15.8 Å². The first-order chi connectivity index (χ1) is 8.81. The van der Waals surface area contributed by atoms with E-state index < -0.39 is 17.7 Å². The third kappa shape index (κ3) is 4.39. The van der Waals surface area contributed by atoms with Gasteiger partial charge in [-0.05, 0) is 12.8 Å². The lowest BCUT2D eigenvalue weighted by Crippen LogP contribution is -2.38. The third-order valence-corrected chi connectivity index (χ3v) is 2.41. The van der Waals surface area contributed by atoms with Gasteiger partial charge in [-0.25, -0.2) is 8.78 Å². The van der Waals surface area contributed by atoms with E-state index in [1.807, 2.05) is 13.8 Å². The summed E-state index contributed by atoms with van der Waals surface area (Å²) in [5, 5.41) is 2.64. The smallest absolute Gasteiger partial charge is 0.260 e. The maximum absolute atomic E-state index is 13.5. The van der Waals surface area contributed by atoms with Crippen molar-refractivity contribution >= 4 is 11.6 Å². The van der Waals surface area contributed by atoms with E-state index in [4.69, 9.17) is 10.5 Å². The predicted octanol–water partition coefficient (Wildman–Crippen LogP) is 2.09. The van der Waals surface area contributed by atoms with Crippen molar-refractivity contribution in [1.82, 2.24) is 5.32 Å². The molecule has 3 N–H and O–H groups in total. The monoisotopic (exact) mass is 272 g/mol. The van der Waals surface area contributed by atoms with Gasteiger partial charge < -0.3 is 15.8 Å². The van der Waals surface area contributed by atoms with Crippen molar-refractivity contribution < 1.29 is 18.3 Å². The summed E-state index contributed by atoms with van der Waals surface area (Å²) in [7, 11) is 0. The highest BCUT2D eigenvalue weighted by Crippen LogP contribution is 2.23. The molecular weight excluding hydrogens is 254 g/mol. The van der Waals surface area contributed by atoms with E-state index in [0.717, 1.165) is 12.1 Å². The van der Waals surface area contributed by atoms with E-state index >= 15 is 0 Å². The van der Waals surface area contributed by atoms with Gasteiger partial charge >= 0.3 is 0 Å². The van der Waals surface area contributed by atoms with Gasteiger partial charge in [0, 0.05) is 18.7 Å². The number of carbonyl (C=O) groups is 1. The summed E-state index contributed by atoms with van der Waals surface area (Å²) in [4.78, 5) is 11.6. The second kappa shape index (κ2) is 6.36. The Labute approximate surface area is 110 Å². The van der Waals surface area contributed by atoms with Crippen molar-refractivity contribution in [2.24, 2.45) is 5.92 Å². The second-order valence-electron chi connectivity index (χ2n) is 4.70. The van der Waals surface area contributed by atoms with Crippen LogP contribution in [0.25, 0.3) is 0 Å². The molecule has 0 aliphatic rings. The molecular formula is C13H18F2N2O2. The van der Waals surface area contributed by atoms with Crippen molar-refractivity contribution in [3.63, 3.8) is 0 Å². The number of halogens is 2. The molecule has 0 aliphatic heterocycles. The average molecular weight is 272 g/mol. The van der Waals surface area contributed by atoms with Crippen LogP contribution in [0, 0.1) is 17.6 Å². The zero-order valence-electron chi connectivity index (χ0n) is 11.2. The number of hydrogen-bond acceptors (Lipinski definition) is 3. The molecule has 1 aromatic rings. The fraction of sp³-hybridized carbons (Fsp3) is 0.462. The Morgan fingerprint density at radius 3 is 2.53 bits per heavy atom. The molecule has 0 saturated heterocycles. The molecule has 0 radical (unpaired) electrons. The first-order valence-electron chi connectivity index (χ1n) is 6.00. The topological polar surface area (TPSA) is 64.3 Å². The van der Waals surface area contributed by atoms with Crippen LogP contribution in [-0.2, 0) is 4.79 Å². The molecule has 4 nitrogen and oxygen atoms in total. The molecule has 0 saturated carbocycles. The van der Waals surface area contributed by atoms with Crippen LogP contribution in [0.15, 0.2) is 12.1 Å². The standard InChI is InChI=1S/C13H18F2N2O2/c1-7(2)6-17-13(18)8(3)19-12-5-9(14)11(16)4-10(12)15/h4-5,7-8H,6,16H2,1-3H3,(H,17,18). The molecule has 0 heterocycles. The van der Waals surface area contributed by atoms with E-state index in [2.05, 4.69) is 5.32 Å². The number of amides is 1. The molecule has 0 bridgehead atoms. The van der Waals surface area contributed by atoms with Gasteiger partial charge in [0.2, 0.25) is 0 Å². The highest BCUT2D eigenvalue weighted by atomic mass is 19.1.